The third kappa shape index (κ3) is 3.64. The summed E-state index contributed by atoms with van der Waals surface area (Å²) in [5, 5.41) is 2.97. The van der Waals surface area contributed by atoms with Crippen molar-refractivity contribution in [1.29, 1.82) is 0 Å². The van der Waals surface area contributed by atoms with Gasteiger partial charge in [0, 0.05) is 18.7 Å². The van der Waals surface area contributed by atoms with E-state index in [2.05, 4.69) is 5.32 Å². The van der Waals surface area contributed by atoms with Crippen molar-refractivity contribution in [2.24, 2.45) is 0 Å². The molecular weight excluding hydrogens is 405 g/mol. The van der Waals surface area contributed by atoms with Crippen LogP contribution in [0.5, 0.6) is 0 Å². The zero-order chi connectivity index (χ0) is 20.9. The highest BCUT2D eigenvalue weighted by molar-refractivity contribution is 7.89. The van der Waals surface area contributed by atoms with Crippen molar-refractivity contribution in [3.05, 3.63) is 65.2 Å². The number of amides is 1. The van der Waals surface area contributed by atoms with Gasteiger partial charge < -0.3 is 5.32 Å². The molecule has 1 fully saturated rings. The van der Waals surface area contributed by atoms with E-state index in [9.17, 15) is 26.4 Å². The van der Waals surface area contributed by atoms with Crippen LogP contribution < -0.4 is 5.32 Å². The first-order valence-electron chi connectivity index (χ1n) is 9.19. The summed E-state index contributed by atoms with van der Waals surface area (Å²) in [5.41, 5.74) is -0.263. The van der Waals surface area contributed by atoms with E-state index in [4.69, 9.17) is 0 Å². The second-order valence-corrected chi connectivity index (χ2v) is 9.44. The molecular formula is C20H19F3N2O3S. The van der Waals surface area contributed by atoms with Crippen molar-refractivity contribution in [3.63, 3.8) is 0 Å². The molecule has 9 heteroatoms. The van der Waals surface area contributed by atoms with E-state index in [0.29, 0.717) is 30.9 Å². The topological polar surface area (TPSA) is 66.5 Å². The molecule has 5 nitrogen and oxygen atoms in total. The Morgan fingerprint density at radius 3 is 2.55 bits per heavy atom. The molecule has 2 aliphatic heterocycles. The van der Waals surface area contributed by atoms with Gasteiger partial charge in [0.1, 0.15) is 0 Å². The molecule has 0 radical (unpaired) electrons. The number of halogens is 3. The monoisotopic (exact) mass is 424 g/mol. The lowest BCUT2D eigenvalue weighted by Gasteiger charge is -2.29. The van der Waals surface area contributed by atoms with Gasteiger partial charge in [-0.05, 0) is 49.1 Å². The Morgan fingerprint density at radius 2 is 1.79 bits per heavy atom. The third-order valence-corrected chi connectivity index (χ3v) is 7.47. The summed E-state index contributed by atoms with van der Waals surface area (Å²) in [4.78, 5) is 12.2. The molecule has 2 aromatic rings. The number of hydrogen-bond acceptors (Lipinski definition) is 3. The summed E-state index contributed by atoms with van der Waals surface area (Å²) >= 11 is 0. The Morgan fingerprint density at radius 1 is 1.03 bits per heavy atom. The molecule has 1 N–H and O–H groups in total. The van der Waals surface area contributed by atoms with E-state index >= 15 is 0 Å². The van der Waals surface area contributed by atoms with Crippen molar-refractivity contribution < 1.29 is 26.4 Å². The minimum Gasteiger partial charge on any atom is -0.345 e. The van der Waals surface area contributed by atoms with E-state index in [1.165, 1.54) is 4.31 Å². The number of hydrogen-bond donors (Lipinski definition) is 1. The van der Waals surface area contributed by atoms with Crippen LogP contribution in [0.4, 0.5) is 13.2 Å². The molecule has 0 saturated carbocycles. The van der Waals surface area contributed by atoms with Crippen molar-refractivity contribution >= 4 is 15.9 Å². The van der Waals surface area contributed by atoms with Gasteiger partial charge in [0.2, 0.25) is 10.0 Å². The van der Waals surface area contributed by atoms with Gasteiger partial charge >= 0.3 is 6.18 Å². The molecule has 2 aromatic carbocycles. The molecule has 154 valence electrons. The highest BCUT2D eigenvalue weighted by Crippen LogP contribution is 2.35. The molecule has 1 unspecified atom stereocenters. The molecule has 1 atom stereocenters. The predicted molar refractivity (Wildman–Crippen MR) is 99.8 cm³/mol. The number of rotatable bonds is 2. The Bertz CT molecular complexity index is 1070. The summed E-state index contributed by atoms with van der Waals surface area (Å²) in [7, 11) is -4.11. The van der Waals surface area contributed by atoms with Gasteiger partial charge in [-0.3, -0.25) is 4.79 Å². The van der Waals surface area contributed by atoms with Crippen molar-refractivity contribution in [1.82, 2.24) is 9.62 Å². The van der Waals surface area contributed by atoms with Crippen molar-refractivity contribution in [2.45, 2.75) is 35.9 Å². The van der Waals surface area contributed by atoms with Gasteiger partial charge in [-0.1, -0.05) is 24.3 Å². The maximum absolute atomic E-state index is 13.0. The average molecular weight is 424 g/mol. The molecule has 2 aliphatic rings. The fourth-order valence-corrected chi connectivity index (χ4v) is 5.61. The first-order valence-corrected chi connectivity index (χ1v) is 10.6. The number of sulfonamides is 1. The molecule has 1 amide bonds. The Hall–Kier alpha value is -2.39. The lowest BCUT2D eigenvalue weighted by molar-refractivity contribution is -0.137. The molecule has 4 rings (SSSR count). The number of alkyl halides is 3. The number of nitrogens with one attached hydrogen (secondary N) is 1. The second kappa shape index (κ2) is 6.84. The number of carbonyl (C=O) groups excluding carboxylic acids is 1. The first-order chi connectivity index (χ1) is 13.6. The largest absolute Gasteiger partial charge is 0.416 e. The van der Waals surface area contributed by atoms with Gasteiger partial charge in [0.25, 0.3) is 5.91 Å². The molecule has 0 aliphatic carbocycles. The highest BCUT2D eigenvalue weighted by atomic mass is 32.2. The van der Waals surface area contributed by atoms with Crippen LogP contribution in [0.3, 0.4) is 0 Å². The SMILES string of the molecule is O=C1NC2(CCc3ccccc31)CCN(S(=O)(=O)c1cccc(C(F)(F)F)c1)C2. The number of aryl methyl sites for hydroxylation is 1. The quantitative estimate of drug-likeness (QED) is 0.805. The summed E-state index contributed by atoms with van der Waals surface area (Å²) in [6, 6.07) is 11.0. The Labute approximate surface area is 166 Å². The van der Waals surface area contributed by atoms with Crippen LogP contribution in [0, 0.1) is 0 Å². The van der Waals surface area contributed by atoms with E-state index in [1.807, 2.05) is 12.1 Å². The fraction of sp³-hybridized carbons (Fsp3) is 0.350. The Balaban J connectivity index is 1.59. The van der Waals surface area contributed by atoms with E-state index in [-0.39, 0.29) is 19.0 Å². The van der Waals surface area contributed by atoms with Crippen LogP contribution in [0.25, 0.3) is 0 Å². The zero-order valence-corrected chi connectivity index (χ0v) is 16.2. The number of benzene rings is 2. The minimum atomic E-state index is -4.63. The average Bonchev–Trinajstić information content (AvgIpc) is 3.05. The summed E-state index contributed by atoms with van der Waals surface area (Å²) in [5.74, 6) is -0.253. The van der Waals surface area contributed by atoms with Gasteiger partial charge in [-0.25, -0.2) is 8.42 Å². The van der Waals surface area contributed by atoms with E-state index < -0.39 is 32.2 Å². The van der Waals surface area contributed by atoms with Gasteiger partial charge in [0.05, 0.1) is 16.0 Å². The minimum absolute atomic E-state index is 0.0330. The maximum atomic E-state index is 13.0. The highest BCUT2D eigenvalue weighted by Gasteiger charge is 2.45. The molecule has 29 heavy (non-hydrogen) atoms. The van der Waals surface area contributed by atoms with Crippen LogP contribution >= 0.6 is 0 Å². The van der Waals surface area contributed by atoms with Crippen LogP contribution in [-0.2, 0) is 22.6 Å². The molecule has 0 bridgehead atoms. The lowest BCUT2D eigenvalue weighted by Crippen LogP contribution is -2.50. The number of carbonyl (C=O) groups is 1. The smallest absolute Gasteiger partial charge is 0.345 e. The van der Waals surface area contributed by atoms with E-state index in [1.54, 1.807) is 12.1 Å². The third-order valence-electron chi connectivity index (χ3n) is 5.63. The van der Waals surface area contributed by atoms with Gasteiger partial charge in [0.15, 0.2) is 0 Å². The molecule has 2 heterocycles. The zero-order valence-electron chi connectivity index (χ0n) is 15.4. The second-order valence-electron chi connectivity index (χ2n) is 7.51. The standard InChI is InChI=1S/C20H19F3N2O3S/c21-20(22,23)15-5-3-6-16(12-15)29(27,28)25-11-10-19(13-25)9-8-14-4-1-2-7-17(14)18(26)24-19/h1-7,12H,8-11,13H2,(H,24,26). The summed E-state index contributed by atoms with van der Waals surface area (Å²) in [6.45, 7) is 0.167. The predicted octanol–water partition coefficient (Wildman–Crippen LogP) is 3.21. The molecule has 1 spiro atoms. The molecule has 1 saturated heterocycles. The van der Waals surface area contributed by atoms with Gasteiger partial charge in [-0.2, -0.15) is 17.5 Å². The first kappa shape index (κ1) is 19.9. The maximum Gasteiger partial charge on any atom is 0.416 e. The Kier molecular flexibility index (Phi) is 4.70. The number of nitrogens with zero attached hydrogens (tertiary/aromatic N) is 1. The number of fused-ring (bicyclic) bond motifs is 1. The molecule has 0 aromatic heterocycles. The normalized spacial score (nSPS) is 22.9. The van der Waals surface area contributed by atoms with Crippen LogP contribution in [0.1, 0.15) is 34.3 Å². The van der Waals surface area contributed by atoms with Crippen molar-refractivity contribution in [2.75, 3.05) is 13.1 Å². The fourth-order valence-electron chi connectivity index (χ4n) is 4.03. The van der Waals surface area contributed by atoms with Gasteiger partial charge in [-0.15, -0.1) is 0 Å². The summed E-state index contributed by atoms with van der Waals surface area (Å²) in [6.07, 6.45) is -3.04. The lowest BCUT2D eigenvalue weighted by atomic mass is 9.92. The van der Waals surface area contributed by atoms with Crippen LogP contribution in [0.2, 0.25) is 0 Å². The van der Waals surface area contributed by atoms with Crippen molar-refractivity contribution in [3.8, 4) is 0 Å². The van der Waals surface area contributed by atoms with Crippen LogP contribution in [0.15, 0.2) is 53.4 Å². The summed E-state index contributed by atoms with van der Waals surface area (Å²) < 4.78 is 66.1. The van der Waals surface area contributed by atoms with Crippen LogP contribution in [-0.4, -0.2) is 37.3 Å². The van der Waals surface area contributed by atoms with E-state index in [0.717, 1.165) is 23.8 Å².